The standard InChI is InChI=1S/C15H18N2O2/c1-10-4-5-12(8-11(10)2)17-15(18)14-7-6-13(19-14)9-16-3/h4-8,16H,9H2,1-3H3,(H,17,18). The van der Waals surface area contributed by atoms with Gasteiger partial charge in [0, 0.05) is 5.69 Å². The van der Waals surface area contributed by atoms with Crippen molar-refractivity contribution in [2.45, 2.75) is 20.4 Å². The highest BCUT2D eigenvalue weighted by Crippen LogP contribution is 2.16. The van der Waals surface area contributed by atoms with Crippen LogP contribution in [0.15, 0.2) is 34.7 Å². The molecular weight excluding hydrogens is 240 g/mol. The SMILES string of the molecule is CNCc1ccc(C(=O)Nc2ccc(C)c(C)c2)o1. The molecule has 4 heteroatoms. The first kappa shape index (κ1) is 13.4. The van der Waals surface area contributed by atoms with Crippen LogP contribution in [0.3, 0.4) is 0 Å². The van der Waals surface area contributed by atoms with E-state index in [1.165, 1.54) is 5.56 Å². The van der Waals surface area contributed by atoms with Gasteiger partial charge in [0.25, 0.3) is 5.91 Å². The highest BCUT2D eigenvalue weighted by molar-refractivity contribution is 6.02. The molecule has 0 aliphatic rings. The van der Waals surface area contributed by atoms with E-state index in [0.29, 0.717) is 12.3 Å². The van der Waals surface area contributed by atoms with Gasteiger partial charge in [-0.2, -0.15) is 0 Å². The van der Waals surface area contributed by atoms with Crippen molar-refractivity contribution in [3.05, 3.63) is 53.0 Å². The van der Waals surface area contributed by atoms with E-state index in [2.05, 4.69) is 10.6 Å². The molecule has 2 rings (SSSR count). The van der Waals surface area contributed by atoms with Crippen LogP contribution in [0.2, 0.25) is 0 Å². The summed E-state index contributed by atoms with van der Waals surface area (Å²) in [5.74, 6) is 0.835. The monoisotopic (exact) mass is 258 g/mol. The topological polar surface area (TPSA) is 54.3 Å². The van der Waals surface area contributed by atoms with Crippen molar-refractivity contribution < 1.29 is 9.21 Å². The van der Waals surface area contributed by atoms with Crippen molar-refractivity contribution in [3.63, 3.8) is 0 Å². The van der Waals surface area contributed by atoms with E-state index in [1.54, 1.807) is 12.1 Å². The number of carbonyl (C=O) groups is 1. The van der Waals surface area contributed by atoms with E-state index in [0.717, 1.165) is 17.0 Å². The molecule has 1 aromatic carbocycles. The quantitative estimate of drug-likeness (QED) is 0.886. The third-order valence-electron chi connectivity index (χ3n) is 3.00. The van der Waals surface area contributed by atoms with Crippen molar-refractivity contribution >= 4 is 11.6 Å². The normalized spacial score (nSPS) is 10.5. The highest BCUT2D eigenvalue weighted by Gasteiger charge is 2.11. The van der Waals surface area contributed by atoms with E-state index < -0.39 is 0 Å². The van der Waals surface area contributed by atoms with Crippen LogP contribution in [-0.4, -0.2) is 13.0 Å². The first-order valence-corrected chi connectivity index (χ1v) is 6.22. The molecular formula is C15H18N2O2. The molecule has 2 N–H and O–H groups in total. The van der Waals surface area contributed by atoms with Gasteiger partial charge in [-0.25, -0.2) is 0 Å². The van der Waals surface area contributed by atoms with E-state index >= 15 is 0 Å². The zero-order chi connectivity index (χ0) is 13.8. The maximum Gasteiger partial charge on any atom is 0.291 e. The Hall–Kier alpha value is -2.07. The third-order valence-corrected chi connectivity index (χ3v) is 3.00. The summed E-state index contributed by atoms with van der Waals surface area (Å²) in [4.78, 5) is 12.0. The Balaban J connectivity index is 2.09. The number of carbonyl (C=O) groups excluding carboxylic acids is 1. The maximum atomic E-state index is 12.0. The first-order chi connectivity index (χ1) is 9.10. The molecule has 0 saturated heterocycles. The third kappa shape index (κ3) is 3.23. The van der Waals surface area contributed by atoms with Crippen molar-refractivity contribution in [2.75, 3.05) is 12.4 Å². The second kappa shape index (κ2) is 5.71. The Bertz CT molecular complexity index is 588. The average molecular weight is 258 g/mol. The molecule has 1 amide bonds. The molecule has 2 aromatic rings. The number of amides is 1. The van der Waals surface area contributed by atoms with Crippen LogP contribution in [0, 0.1) is 13.8 Å². The van der Waals surface area contributed by atoms with Gasteiger partial charge in [0.2, 0.25) is 0 Å². The largest absolute Gasteiger partial charge is 0.455 e. The number of furan rings is 1. The van der Waals surface area contributed by atoms with Crippen LogP contribution in [0.4, 0.5) is 5.69 Å². The van der Waals surface area contributed by atoms with Crippen LogP contribution in [0.1, 0.15) is 27.4 Å². The molecule has 19 heavy (non-hydrogen) atoms. The molecule has 0 atom stereocenters. The fourth-order valence-corrected chi connectivity index (χ4v) is 1.78. The zero-order valence-electron chi connectivity index (χ0n) is 11.4. The number of anilines is 1. The van der Waals surface area contributed by atoms with E-state index in [1.807, 2.05) is 39.1 Å². The summed E-state index contributed by atoms with van der Waals surface area (Å²) in [5.41, 5.74) is 3.13. The Morgan fingerprint density at radius 3 is 2.63 bits per heavy atom. The highest BCUT2D eigenvalue weighted by atomic mass is 16.4. The molecule has 0 aliphatic carbocycles. The number of aryl methyl sites for hydroxylation is 2. The van der Waals surface area contributed by atoms with E-state index in [4.69, 9.17) is 4.42 Å². The van der Waals surface area contributed by atoms with E-state index in [9.17, 15) is 4.79 Å². The molecule has 1 aromatic heterocycles. The first-order valence-electron chi connectivity index (χ1n) is 6.22. The van der Waals surface area contributed by atoms with Crippen LogP contribution in [-0.2, 0) is 6.54 Å². The van der Waals surface area contributed by atoms with Gasteiger partial charge in [-0.1, -0.05) is 6.07 Å². The minimum absolute atomic E-state index is 0.231. The lowest BCUT2D eigenvalue weighted by atomic mass is 10.1. The summed E-state index contributed by atoms with van der Waals surface area (Å²) >= 11 is 0. The summed E-state index contributed by atoms with van der Waals surface area (Å²) in [6.45, 7) is 4.66. The Labute approximate surface area is 112 Å². The van der Waals surface area contributed by atoms with Crippen LogP contribution in [0.25, 0.3) is 0 Å². The number of hydrogen-bond acceptors (Lipinski definition) is 3. The van der Waals surface area contributed by atoms with Crippen molar-refractivity contribution in [1.82, 2.24) is 5.32 Å². The van der Waals surface area contributed by atoms with E-state index in [-0.39, 0.29) is 5.91 Å². The number of nitrogens with one attached hydrogen (secondary N) is 2. The summed E-state index contributed by atoms with van der Waals surface area (Å²) in [7, 11) is 1.83. The minimum Gasteiger partial charge on any atom is -0.455 e. The summed E-state index contributed by atoms with van der Waals surface area (Å²) < 4.78 is 5.44. The fraction of sp³-hybridized carbons (Fsp3) is 0.267. The smallest absolute Gasteiger partial charge is 0.291 e. The number of hydrogen-bond donors (Lipinski definition) is 2. The van der Waals surface area contributed by atoms with Crippen LogP contribution >= 0.6 is 0 Å². The lowest BCUT2D eigenvalue weighted by Gasteiger charge is -2.06. The summed E-state index contributed by atoms with van der Waals surface area (Å²) in [6, 6.07) is 9.30. The predicted octanol–water partition coefficient (Wildman–Crippen LogP) is 2.87. The Morgan fingerprint density at radius 2 is 1.95 bits per heavy atom. The molecule has 1 heterocycles. The second-order valence-corrected chi connectivity index (χ2v) is 4.55. The number of benzene rings is 1. The van der Waals surface area contributed by atoms with Crippen LogP contribution < -0.4 is 10.6 Å². The molecule has 0 bridgehead atoms. The van der Waals surface area contributed by atoms with Gasteiger partial charge in [-0.15, -0.1) is 0 Å². The lowest BCUT2D eigenvalue weighted by molar-refractivity contribution is 0.0995. The van der Waals surface area contributed by atoms with Gasteiger partial charge in [-0.3, -0.25) is 4.79 Å². The Kier molecular flexibility index (Phi) is 4.02. The summed E-state index contributed by atoms with van der Waals surface area (Å²) in [5, 5.41) is 5.80. The Morgan fingerprint density at radius 1 is 1.16 bits per heavy atom. The molecule has 0 aliphatic heterocycles. The fourth-order valence-electron chi connectivity index (χ4n) is 1.78. The van der Waals surface area contributed by atoms with Gasteiger partial charge in [0.05, 0.1) is 6.54 Å². The molecule has 0 unspecified atom stereocenters. The van der Waals surface area contributed by atoms with Crippen LogP contribution in [0.5, 0.6) is 0 Å². The van der Waals surface area contributed by atoms with Gasteiger partial charge in [-0.05, 0) is 56.3 Å². The van der Waals surface area contributed by atoms with Gasteiger partial charge in [0.1, 0.15) is 5.76 Å². The molecule has 0 fully saturated rings. The second-order valence-electron chi connectivity index (χ2n) is 4.55. The molecule has 0 radical (unpaired) electrons. The zero-order valence-corrected chi connectivity index (χ0v) is 11.4. The average Bonchev–Trinajstić information content (AvgIpc) is 2.83. The minimum atomic E-state index is -0.231. The van der Waals surface area contributed by atoms with Gasteiger partial charge < -0.3 is 15.1 Å². The van der Waals surface area contributed by atoms with Crippen molar-refractivity contribution in [3.8, 4) is 0 Å². The van der Waals surface area contributed by atoms with Gasteiger partial charge >= 0.3 is 0 Å². The lowest BCUT2D eigenvalue weighted by Crippen LogP contribution is -2.11. The van der Waals surface area contributed by atoms with Gasteiger partial charge in [0.15, 0.2) is 5.76 Å². The predicted molar refractivity (Wildman–Crippen MR) is 75.3 cm³/mol. The molecule has 0 saturated carbocycles. The molecule has 0 spiro atoms. The molecule has 4 nitrogen and oxygen atoms in total. The maximum absolute atomic E-state index is 12.0. The van der Waals surface area contributed by atoms with Crippen molar-refractivity contribution in [2.24, 2.45) is 0 Å². The number of rotatable bonds is 4. The van der Waals surface area contributed by atoms with Crippen molar-refractivity contribution in [1.29, 1.82) is 0 Å². The molecule has 100 valence electrons. The summed E-state index contributed by atoms with van der Waals surface area (Å²) in [6.07, 6.45) is 0.